The third-order valence-electron chi connectivity index (χ3n) is 2.38. The zero-order valence-corrected chi connectivity index (χ0v) is 10.7. The van der Waals surface area contributed by atoms with Crippen molar-refractivity contribution in [3.8, 4) is 0 Å². The van der Waals surface area contributed by atoms with Crippen LogP contribution in [0.2, 0.25) is 0 Å². The van der Waals surface area contributed by atoms with E-state index in [-0.39, 0.29) is 6.42 Å². The lowest BCUT2D eigenvalue weighted by molar-refractivity contribution is -0.137. The van der Waals surface area contributed by atoms with Gasteiger partial charge in [-0.25, -0.2) is 4.79 Å². The van der Waals surface area contributed by atoms with Crippen molar-refractivity contribution in [2.75, 3.05) is 12.4 Å². The van der Waals surface area contributed by atoms with E-state index in [1.807, 2.05) is 0 Å². The molecule has 0 saturated carbocycles. The highest BCUT2D eigenvalue weighted by Crippen LogP contribution is 2.18. The zero-order chi connectivity index (χ0) is 13.8. The van der Waals surface area contributed by atoms with Gasteiger partial charge in [-0.15, -0.1) is 0 Å². The summed E-state index contributed by atoms with van der Waals surface area (Å²) >= 11 is 0. The maximum absolute atomic E-state index is 11.2. The van der Waals surface area contributed by atoms with Crippen LogP contribution < -0.4 is 5.32 Å². The molecule has 0 atom stereocenters. The number of carboxylic acids is 1. The average molecular weight is 251 g/mol. The first-order valence-electron chi connectivity index (χ1n) is 5.52. The van der Waals surface area contributed by atoms with Crippen molar-refractivity contribution in [2.45, 2.75) is 25.8 Å². The number of ether oxygens (including phenoxy) is 1. The molecule has 1 aromatic carbocycles. The number of benzene rings is 1. The lowest BCUT2D eigenvalue weighted by atomic mass is 10.00. The molecule has 0 aliphatic rings. The first-order valence-corrected chi connectivity index (χ1v) is 5.52. The number of methoxy groups -OCH3 is 1. The summed E-state index contributed by atoms with van der Waals surface area (Å²) in [6.07, 6.45) is 0.00571. The molecular weight excluding hydrogens is 234 g/mol. The lowest BCUT2D eigenvalue weighted by Gasteiger charge is -2.25. The van der Waals surface area contributed by atoms with E-state index in [1.165, 1.54) is 7.11 Å². The van der Waals surface area contributed by atoms with Crippen molar-refractivity contribution in [3.63, 3.8) is 0 Å². The minimum absolute atomic E-state index is 0.00571. The Kier molecular flexibility index (Phi) is 4.31. The van der Waals surface area contributed by atoms with Crippen LogP contribution in [0.1, 0.15) is 30.6 Å². The molecule has 0 aromatic heterocycles. The van der Waals surface area contributed by atoms with Gasteiger partial charge in [-0.05, 0) is 38.1 Å². The van der Waals surface area contributed by atoms with Crippen molar-refractivity contribution < 1.29 is 19.4 Å². The molecule has 0 aliphatic carbocycles. The van der Waals surface area contributed by atoms with Crippen molar-refractivity contribution in [2.24, 2.45) is 0 Å². The molecule has 18 heavy (non-hydrogen) atoms. The molecular formula is C13H17NO4. The molecule has 0 aliphatic heterocycles. The fraction of sp³-hybridized carbons (Fsp3) is 0.385. The lowest BCUT2D eigenvalue weighted by Crippen LogP contribution is -2.33. The van der Waals surface area contributed by atoms with Gasteiger partial charge in [0, 0.05) is 11.2 Å². The van der Waals surface area contributed by atoms with E-state index in [1.54, 1.807) is 38.1 Å². The van der Waals surface area contributed by atoms with Gasteiger partial charge in [-0.3, -0.25) is 4.79 Å². The number of aliphatic carboxylic acids is 1. The van der Waals surface area contributed by atoms with Gasteiger partial charge < -0.3 is 15.2 Å². The van der Waals surface area contributed by atoms with E-state index >= 15 is 0 Å². The molecule has 0 heterocycles. The van der Waals surface area contributed by atoms with Crippen LogP contribution in [0.3, 0.4) is 0 Å². The number of esters is 1. The van der Waals surface area contributed by atoms with Crippen LogP contribution in [0.15, 0.2) is 24.3 Å². The van der Waals surface area contributed by atoms with Crippen LogP contribution >= 0.6 is 0 Å². The standard InChI is InChI=1S/C13H17NO4/c1-13(2,8-11(15)16)14-10-6-4-9(5-7-10)12(17)18-3/h4-7,14H,8H2,1-3H3,(H,15,16). The summed E-state index contributed by atoms with van der Waals surface area (Å²) in [7, 11) is 1.32. The van der Waals surface area contributed by atoms with Crippen molar-refractivity contribution in [3.05, 3.63) is 29.8 Å². The summed E-state index contributed by atoms with van der Waals surface area (Å²) in [5.41, 5.74) is 0.659. The van der Waals surface area contributed by atoms with Gasteiger partial charge in [0.2, 0.25) is 0 Å². The summed E-state index contributed by atoms with van der Waals surface area (Å²) in [5.74, 6) is -1.26. The number of nitrogens with one attached hydrogen (secondary N) is 1. The summed E-state index contributed by atoms with van der Waals surface area (Å²) in [6, 6.07) is 6.70. The Labute approximate surface area is 106 Å². The van der Waals surface area contributed by atoms with Crippen LogP contribution in [-0.2, 0) is 9.53 Å². The van der Waals surface area contributed by atoms with E-state index in [9.17, 15) is 9.59 Å². The normalized spacial score (nSPS) is 10.8. The smallest absolute Gasteiger partial charge is 0.337 e. The Bertz CT molecular complexity index is 437. The summed E-state index contributed by atoms with van der Waals surface area (Å²) in [6.45, 7) is 3.60. The average Bonchev–Trinajstić information content (AvgIpc) is 2.26. The number of anilines is 1. The molecule has 0 saturated heterocycles. The quantitative estimate of drug-likeness (QED) is 0.784. The predicted octanol–water partition coefficient (Wildman–Crippen LogP) is 2.14. The monoisotopic (exact) mass is 251 g/mol. The number of carbonyl (C=O) groups excluding carboxylic acids is 1. The predicted molar refractivity (Wildman–Crippen MR) is 67.7 cm³/mol. The third kappa shape index (κ3) is 4.08. The Morgan fingerprint density at radius 3 is 2.28 bits per heavy atom. The Balaban J connectivity index is 2.74. The Morgan fingerprint density at radius 2 is 1.83 bits per heavy atom. The summed E-state index contributed by atoms with van der Waals surface area (Å²) in [5, 5.41) is 11.9. The molecule has 1 aromatic rings. The molecule has 0 spiro atoms. The molecule has 98 valence electrons. The second kappa shape index (κ2) is 5.53. The summed E-state index contributed by atoms with van der Waals surface area (Å²) in [4.78, 5) is 21.9. The Morgan fingerprint density at radius 1 is 1.28 bits per heavy atom. The van der Waals surface area contributed by atoms with Crippen LogP contribution in [0.4, 0.5) is 5.69 Å². The van der Waals surface area contributed by atoms with Crippen LogP contribution in [0.25, 0.3) is 0 Å². The van der Waals surface area contributed by atoms with Gasteiger partial charge in [0.05, 0.1) is 19.1 Å². The van der Waals surface area contributed by atoms with Gasteiger partial charge >= 0.3 is 11.9 Å². The topological polar surface area (TPSA) is 75.6 Å². The largest absolute Gasteiger partial charge is 0.481 e. The number of rotatable bonds is 5. The van der Waals surface area contributed by atoms with Crippen LogP contribution in [0, 0.1) is 0 Å². The van der Waals surface area contributed by atoms with Crippen molar-refractivity contribution in [1.82, 2.24) is 0 Å². The number of carboxylic acid groups (broad SMARTS) is 1. The zero-order valence-electron chi connectivity index (χ0n) is 10.7. The molecule has 5 nitrogen and oxygen atoms in total. The highest BCUT2D eigenvalue weighted by atomic mass is 16.5. The minimum Gasteiger partial charge on any atom is -0.481 e. The van der Waals surface area contributed by atoms with Crippen LogP contribution in [-0.4, -0.2) is 29.7 Å². The molecule has 0 unspecified atom stereocenters. The maximum atomic E-state index is 11.2. The molecule has 2 N–H and O–H groups in total. The third-order valence-corrected chi connectivity index (χ3v) is 2.38. The van der Waals surface area contributed by atoms with Crippen LogP contribution in [0.5, 0.6) is 0 Å². The minimum atomic E-state index is -0.862. The highest BCUT2D eigenvalue weighted by molar-refractivity contribution is 5.89. The molecule has 0 amide bonds. The SMILES string of the molecule is COC(=O)c1ccc(NC(C)(C)CC(=O)O)cc1. The highest BCUT2D eigenvalue weighted by Gasteiger charge is 2.21. The van der Waals surface area contributed by atoms with Crippen molar-refractivity contribution in [1.29, 1.82) is 0 Å². The first kappa shape index (κ1) is 14.0. The molecule has 0 bridgehead atoms. The number of carbonyl (C=O) groups is 2. The van der Waals surface area contributed by atoms with Gasteiger partial charge in [-0.2, -0.15) is 0 Å². The molecule has 1 rings (SSSR count). The van der Waals surface area contributed by atoms with Gasteiger partial charge in [-0.1, -0.05) is 0 Å². The van der Waals surface area contributed by atoms with Gasteiger partial charge in [0.1, 0.15) is 0 Å². The molecule has 0 fully saturated rings. The van der Waals surface area contributed by atoms with E-state index in [4.69, 9.17) is 5.11 Å². The van der Waals surface area contributed by atoms with E-state index < -0.39 is 17.5 Å². The maximum Gasteiger partial charge on any atom is 0.337 e. The molecule has 5 heteroatoms. The number of hydrogen-bond acceptors (Lipinski definition) is 4. The second-order valence-electron chi connectivity index (χ2n) is 4.65. The molecule has 0 radical (unpaired) electrons. The fourth-order valence-electron chi connectivity index (χ4n) is 1.62. The first-order chi connectivity index (χ1) is 8.34. The van der Waals surface area contributed by atoms with E-state index in [0.29, 0.717) is 5.56 Å². The van der Waals surface area contributed by atoms with Gasteiger partial charge in [0.15, 0.2) is 0 Å². The van der Waals surface area contributed by atoms with E-state index in [0.717, 1.165) is 5.69 Å². The second-order valence-corrected chi connectivity index (χ2v) is 4.65. The Hall–Kier alpha value is -2.04. The summed E-state index contributed by atoms with van der Waals surface area (Å²) < 4.78 is 4.59. The van der Waals surface area contributed by atoms with E-state index in [2.05, 4.69) is 10.1 Å². The number of hydrogen-bond donors (Lipinski definition) is 2. The fourth-order valence-corrected chi connectivity index (χ4v) is 1.62. The van der Waals surface area contributed by atoms with Crippen molar-refractivity contribution >= 4 is 17.6 Å². The van der Waals surface area contributed by atoms with Gasteiger partial charge in [0.25, 0.3) is 0 Å².